The van der Waals surface area contributed by atoms with E-state index in [0.717, 1.165) is 30.5 Å². The normalized spacial score (nSPS) is 22.4. The fourth-order valence-electron chi connectivity index (χ4n) is 2.83. The van der Waals surface area contributed by atoms with Crippen LogP contribution in [0.1, 0.15) is 51.3 Å². The number of nitrogens with one attached hydrogen (secondary N) is 1. The molecule has 2 aliphatic rings. The van der Waals surface area contributed by atoms with Crippen LogP contribution in [0.2, 0.25) is 0 Å². The van der Waals surface area contributed by atoms with E-state index in [1.165, 1.54) is 25.7 Å². The van der Waals surface area contributed by atoms with E-state index in [0.29, 0.717) is 11.3 Å². The van der Waals surface area contributed by atoms with Crippen LogP contribution in [0.3, 0.4) is 0 Å². The highest BCUT2D eigenvalue weighted by atomic mass is 15.3. The summed E-state index contributed by atoms with van der Waals surface area (Å²) in [6.07, 6.45) is 4.92. The first-order chi connectivity index (χ1) is 9.07. The maximum absolute atomic E-state index is 5.53. The Labute approximate surface area is 114 Å². The molecule has 0 spiro atoms. The molecule has 2 heterocycles. The number of rotatable bonds is 3. The van der Waals surface area contributed by atoms with Gasteiger partial charge in [-0.3, -0.25) is 0 Å². The van der Waals surface area contributed by atoms with E-state index in [2.05, 4.69) is 29.2 Å². The van der Waals surface area contributed by atoms with Gasteiger partial charge in [0.2, 0.25) is 0 Å². The molecule has 0 unspecified atom stereocenters. The second-order valence-corrected chi connectivity index (χ2v) is 6.58. The average Bonchev–Trinajstić information content (AvgIpc) is 3.21. The molecule has 5 nitrogen and oxygen atoms in total. The van der Waals surface area contributed by atoms with E-state index in [1.54, 1.807) is 0 Å². The Kier molecular flexibility index (Phi) is 3.09. The van der Waals surface area contributed by atoms with Gasteiger partial charge in [0.15, 0.2) is 0 Å². The van der Waals surface area contributed by atoms with E-state index in [9.17, 15) is 0 Å². The van der Waals surface area contributed by atoms with Gasteiger partial charge >= 0.3 is 0 Å². The summed E-state index contributed by atoms with van der Waals surface area (Å²) < 4.78 is 0. The fraction of sp³-hybridized carbons (Fsp3) is 0.714. The Balaban J connectivity index is 1.88. The molecular formula is C14H23N5. The van der Waals surface area contributed by atoms with Gasteiger partial charge in [0.25, 0.3) is 0 Å². The maximum atomic E-state index is 5.53. The number of anilines is 2. The zero-order valence-electron chi connectivity index (χ0n) is 11.8. The first kappa shape index (κ1) is 12.7. The zero-order chi connectivity index (χ0) is 13.5. The van der Waals surface area contributed by atoms with Gasteiger partial charge in [0.05, 0.1) is 0 Å². The highest BCUT2D eigenvalue weighted by Crippen LogP contribution is 2.39. The molecule has 0 bridgehead atoms. The van der Waals surface area contributed by atoms with Gasteiger partial charge in [-0.15, -0.1) is 0 Å². The van der Waals surface area contributed by atoms with Crippen molar-refractivity contribution in [2.75, 3.05) is 23.4 Å². The fourth-order valence-corrected chi connectivity index (χ4v) is 2.83. The van der Waals surface area contributed by atoms with Crippen LogP contribution in [0.15, 0.2) is 6.07 Å². The molecule has 19 heavy (non-hydrogen) atoms. The maximum Gasteiger partial charge on any atom is 0.145 e. The van der Waals surface area contributed by atoms with Gasteiger partial charge in [-0.25, -0.2) is 15.8 Å². The van der Waals surface area contributed by atoms with Crippen LogP contribution < -0.4 is 16.2 Å². The van der Waals surface area contributed by atoms with Crippen molar-refractivity contribution in [2.24, 2.45) is 11.3 Å². The number of hydrogen-bond acceptors (Lipinski definition) is 5. The molecule has 1 saturated heterocycles. The van der Waals surface area contributed by atoms with Crippen molar-refractivity contribution in [3.63, 3.8) is 0 Å². The summed E-state index contributed by atoms with van der Waals surface area (Å²) in [6.45, 7) is 6.78. The lowest BCUT2D eigenvalue weighted by atomic mass is 9.84. The summed E-state index contributed by atoms with van der Waals surface area (Å²) in [6, 6.07) is 1.97. The van der Waals surface area contributed by atoms with E-state index in [1.807, 2.05) is 6.07 Å². The standard InChI is InChI=1S/C14H23N5/c1-14(2)6-3-7-19(9-14)12-8-11(18-15)16-13(17-12)10-4-5-10/h8,10H,3-7,9,15H2,1-2H3,(H,16,17,18). The van der Waals surface area contributed by atoms with E-state index < -0.39 is 0 Å². The smallest absolute Gasteiger partial charge is 0.145 e. The molecule has 1 aliphatic heterocycles. The van der Waals surface area contributed by atoms with E-state index >= 15 is 0 Å². The number of hydrazine groups is 1. The molecule has 0 radical (unpaired) electrons. The Hall–Kier alpha value is -1.36. The number of piperidine rings is 1. The number of nitrogens with zero attached hydrogens (tertiary/aromatic N) is 3. The summed E-state index contributed by atoms with van der Waals surface area (Å²) in [5.41, 5.74) is 3.03. The molecule has 0 atom stereocenters. The molecule has 2 fully saturated rings. The van der Waals surface area contributed by atoms with Crippen LogP contribution in [0, 0.1) is 5.41 Å². The Morgan fingerprint density at radius 1 is 1.37 bits per heavy atom. The summed E-state index contributed by atoms with van der Waals surface area (Å²) in [5.74, 6) is 8.79. The van der Waals surface area contributed by atoms with Crippen LogP contribution in [0.5, 0.6) is 0 Å². The predicted octanol–water partition coefficient (Wildman–Crippen LogP) is 2.27. The minimum atomic E-state index is 0.360. The highest BCUT2D eigenvalue weighted by Gasteiger charge is 2.30. The van der Waals surface area contributed by atoms with Crippen molar-refractivity contribution in [3.05, 3.63) is 11.9 Å². The number of aromatic nitrogens is 2. The Morgan fingerprint density at radius 2 is 2.16 bits per heavy atom. The van der Waals surface area contributed by atoms with E-state index in [4.69, 9.17) is 10.8 Å². The third-order valence-electron chi connectivity index (χ3n) is 4.04. The second-order valence-electron chi connectivity index (χ2n) is 6.58. The molecule has 1 aliphatic carbocycles. The summed E-state index contributed by atoms with van der Waals surface area (Å²) in [7, 11) is 0. The molecule has 1 saturated carbocycles. The number of nitrogens with two attached hydrogens (primary N) is 1. The lowest BCUT2D eigenvalue weighted by molar-refractivity contribution is 0.292. The molecular weight excluding hydrogens is 238 g/mol. The molecule has 1 aromatic rings. The number of nitrogen functional groups attached to an aromatic ring is 1. The van der Waals surface area contributed by atoms with Crippen molar-refractivity contribution in [1.29, 1.82) is 0 Å². The summed E-state index contributed by atoms with van der Waals surface area (Å²) in [5, 5.41) is 0. The molecule has 0 aromatic carbocycles. The quantitative estimate of drug-likeness (QED) is 0.645. The Morgan fingerprint density at radius 3 is 2.79 bits per heavy atom. The van der Waals surface area contributed by atoms with Gasteiger partial charge in [0.1, 0.15) is 17.5 Å². The Bertz CT molecular complexity index is 467. The second kappa shape index (κ2) is 4.63. The van der Waals surface area contributed by atoms with Crippen molar-refractivity contribution in [3.8, 4) is 0 Å². The first-order valence-electron chi connectivity index (χ1n) is 7.18. The summed E-state index contributed by atoms with van der Waals surface area (Å²) in [4.78, 5) is 11.6. The van der Waals surface area contributed by atoms with Crippen LogP contribution in [-0.4, -0.2) is 23.1 Å². The predicted molar refractivity (Wildman–Crippen MR) is 77.0 cm³/mol. The van der Waals surface area contributed by atoms with Crippen LogP contribution in [-0.2, 0) is 0 Å². The van der Waals surface area contributed by atoms with Crippen LogP contribution >= 0.6 is 0 Å². The lowest BCUT2D eigenvalue weighted by Gasteiger charge is -2.38. The van der Waals surface area contributed by atoms with Gasteiger partial charge in [-0.05, 0) is 31.1 Å². The SMILES string of the molecule is CC1(C)CCCN(c2cc(NN)nc(C3CC3)n2)C1. The highest BCUT2D eigenvalue weighted by molar-refractivity contribution is 5.50. The van der Waals surface area contributed by atoms with Gasteiger partial charge < -0.3 is 10.3 Å². The minimum Gasteiger partial charge on any atom is -0.356 e. The molecule has 5 heteroatoms. The van der Waals surface area contributed by atoms with E-state index in [-0.39, 0.29) is 0 Å². The first-order valence-corrected chi connectivity index (χ1v) is 7.18. The molecule has 0 amide bonds. The van der Waals surface area contributed by atoms with Crippen molar-refractivity contribution >= 4 is 11.6 Å². The molecule has 3 rings (SSSR count). The van der Waals surface area contributed by atoms with Crippen molar-refractivity contribution < 1.29 is 0 Å². The van der Waals surface area contributed by atoms with Gasteiger partial charge in [0, 0.05) is 25.1 Å². The minimum absolute atomic E-state index is 0.360. The summed E-state index contributed by atoms with van der Waals surface area (Å²) >= 11 is 0. The van der Waals surface area contributed by atoms with Crippen molar-refractivity contribution in [2.45, 2.75) is 45.4 Å². The average molecular weight is 261 g/mol. The largest absolute Gasteiger partial charge is 0.356 e. The third-order valence-corrected chi connectivity index (χ3v) is 4.04. The third kappa shape index (κ3) is 2.81. The van der Waals surface area contributed by atoms with Gasteiger partial charge in [-0.1, -0.05) is 13.8 Å². The molecule has 3 N–H and O–H groups in total. The topological polar surface area (TPSA) is 67.1 Å². The monoisotopic (exact) mass is 261 g/mol. The molecule has 104 valence electrons. The van der Waals surface area contributed by atoms with Crippen LogP contribution in [0.25, 0.3) is 0 Å². The van der Waals surface area contributed by atoms with Crippen LogP contribution in [0.4, 0.5) is 11.6 Å². The van der Waals surface area contributed by atoms with Crippen molar-refractivity contribution in [1.82, 2.24) is 9.97 Å². The lowest BCUT2D eigenvalue weighted by Crippen LogP contribution is -2.40. The molecule has 1 aromatic heterocycles. The zero-order valence-corrected chi connectivity index (χ0v) is 11.8. The number of hydrogen-bond donors (Lipinski definition) is 2. The van der Waals surface area contributed by atoms with Gasteiger partial charge in [-0.2, -0.15) is 0 Å².